The molecule has 1 aromatic heterocycles. The Morgan fingerprint density at radius 1 is 1.30 bits per heavy atom. The van der Waals surface area contributed by atoms with Gasteiger partial charge >= 0.3 is 5.97 Å². The van der Waals surface area contributed by atoms with E-state index in [0.29, 0.717) is 21.7 Å². The number of aryl methyl sites for hydroxylation is 1. The second-order valence-corrected chi connectivity index (χ2v) is 6.26. The molecular weight excluding hydrogens is 338 g/mol. The molecule has 2 aromatic rings. The van der Waals surface area contributed by atoms with E-state index in [1.165, 1.54) is 0 Å². The molecule has 1 aromatic carbocycles. The third-order valence-corrected chi connectivity index (χ3v) is 4.33. The van der Waals surface area contributed by atoms with Gasteiger partial charge in [0.05, 0.1) is 22.7 Å². The minimum atomic E-state index is -0.569. The smallest absolute Gasteiger partial charge is 0.341 e. The summed E-state index contributed by atoms with van der Waals surface area (Å²) in [6.07, 6.45) is 0.609. The lowest BCUT2D eigenvalue weighted by Crippen LogP contribution is -2.16. The van der Waals surface area contributed by atoms with Gasteiger partial charge in [-0.05, 0) is 38.1 Å². The minimum absolute atomic E-state index is 0.181. The summed E-state index contributed by atoms with van der Waals surface area (Å²) in [4.78, 5) is 36.5. The second kappa shape index (κ2) is 7.39. The molecule has 7 heteroatoms. The zero-order valence-electron chi connectivity index (χ0n) is 12.5. The van der Waals surface area contributed by atoms with E-state index in [4.69, 9.17) is 16.3 Å². The molecule has 0 bridgehead atoms. The van der Waals surface area contributed by atoms with Gasteiger partial charge in [0.1, 0.15) is 0 Å². The number of amides is 1. The van der Waals surface area contributed by atoms with Crippen molar-refractivity contribution in [1.29, 1.82) is 0 Å². The Morgan fingerprint density at radius 3 is 2.52 bits per heavy atom. The van der Waals surface area contributed by atoms with Crippen LogP contribution in [0.2, 0.25) is 5.02 Å². The Bertz CT molecular complexity index is 752. The number of esters is 1. The zero-order chi connectivity index (χ0) is 17.0. The number of rotatable bonds is 5. The first-order chi connectivity index (χ1) is 11.0. The van der Waals surface area contributed by atoms with Crippen LogP contribution in [0.5, 0.6) is 0 Å². The lowest BCUT2D eigenvalue weighted by molar-refractivity contribution is 0.0527. The van der Waals surface area contributed by atoms with Gasteiger partial charge in [0.2, 0.25) is 0 Å². The van der Waals surface area contributed by atoms with Gasteiger partial charge in [-0.15, -0.1) is 11.3 Å². The van der Waals surface area contributed by atoms with E-state index in [0.717, 1.165) is 11.3 Å². The van der Waals surface area contributed by atoms with Gasteiger partial charge in [-0.1, -0.05) is 11.6 Å². The molecule has 0 saturated carbocycles. The van der Waals surface area contributed by atoms with Crippen LogP contribution in [0, 0.1) is 6.92 Å². The van der Waals surface area contributed by atoms with E-state index in [2.05, 4.69) is 5.32 Å². The summed E-state index contributed by atoms with van der Waals surface area (Å²) in [6.45, 7) is 3.59. The van der Waals surface area contributed by atoms with Gasteiger partial charge in [0.25, 0.3) is 5.91 Å². The summed E-state index contributed by atoms with van der Waals surface area (Å²) in [6, 6.07) is 6.29. The normalized spacial score (nSPS) is 10.2. The van der Waals surface area contributed by atoms with E-state index in [1.807, 2.05) is 0 Å². The molecule has 5 nitrogen and oxygen atoms in total. The van der Waals surface area contributed by atoms with Crippen LogP contribution < -0.4 is 5.32 Å². The van der Waals surface area contributed by atoms with Crippen molar-refractivity contribution in [2.75, 3.05) is 11.9 Å². The monoisotopic (exact) mass is 351 g/mol. The van der Waals surface area contributed by atoms with Gasteiger partial charge in [-0.25, -0.2) is 4.79 Å². The average Bonchev–Trinajstić information content (AvgIpc) is 2.83. The molecule has 1 N–H and O–H groups in total. The number of hydrogen-bond donors (Lipinski definition) is 1. The quantitative estimate of drug-likeness (QED) is 0.654. The lowest BCUT2D eigenvalue weighted by atomic mass is 10.1. The van der Waals surface area contributed by atoms with Crippen LogP contribution >= 0.6 is 22.9 Å². The molecule has 1 heterocycles. The maximum Gasteiger partial charge on any atom is 0.341 e. The number of benzene rings is 1. The standard InChI is InChI=1S/C16H14ClNO4S/c1-3-22-16(21)13-9(2)23-12(8-19)14(13)18-15(20)10-4-6-11(17)7-5-10/h4-8H,3H2,1-2H3,(H,18,20). The number of aldehydes is 1. The molecule has 0 aliphatic carbocycles. The first-order valence-corrected chi connectivity index (χ1v) is 8.00. The van der Waals surface area contributed by atoms with Crippen LogP contribution in [0.1, 0.15) is 42.2 Å². The summed E-state index contributed by atoms with van der Waals surface area (Å²) < 4.78 is 4.99. The van der Waals surface area contributed by atoms with Gasteiger partial charge < -0.3 is 10.1 Å². The number of thiophene rings is 1. The highest BCUT2D eigenvalue weighted by Crippen LogP contribution is 2.33. The fourth-order valence-electron chi connectivity index (χ4n) is 2.01. The van der Waals surface area contributed by atoms with Crippen molar-refractivity contribution in [3.8, 4) is 0 Å². The van der Waals surface area contributed by atoms with Crippen molar-refractivity contribution in [3.63, 3.8) is 0 Å². The number of ether oxygens (including phenoxy) is 1. The van der Waals surface area contributed by atoms with Crippen LogP contribution in [-0.4, -0.2) is 24.8 Å². The van der Waals surface area contributed by atoms with Crippen molar-refractivity contribution in [3.05, 3.63) is 50.2 Å². The summed E-state index contributed by atoms with van der Waals surface area (Å²) in [5, 5.41) is 3.13. The first kappa shape index (κ1) is 17.2. The highest BCUT2D eigenvalue weighted by atomic mass is 35.5. The summed E-state index contributed by atoms with van der Waals surface area (Å²) in [5.41, 5.74) is 0.757. The molecule has 1 amide bonds. The molecule has 0 unspecified atom stereocenters. The van der Waals surface area contributed by atoms with Gasteiger partial charge in [-0.3, -0.25) is 9.59 Å². The van der Waals surface area contributed by atoms with E-state index >= 15 is 0 Å². The van der Waals surface area contributed by atoms with E-state index < -0.39 is 11.9 Å². The van der Waals surface area contributed by atoms with E-state index in [-0.39, 0.29) is 22.7 Å². The third-order valence-electron chi connectivity index (χ3n) is 3.04. The van der Waals surface area contributed by atoms with Crippen LogP contribution in [0.25, 0.3) is 0 Å². The van der Waals surface area contributed by atoms with Crippen LogP contribution in [0.3, 0.4) is 0 Å². The van der Waals surface area contributed by atoms with Crippen molar-refractivity contribution in [1.82, 2.24) is 0 Å². The van der Waals surface area contributed by atoms with Crippen LogP contribution in [-0.2, 0) is 4.74 Å². The number of anilines is 1. The topological polar surface area (TPSA) is 72.5 Å². The fraction of sp³-hybridized carbons (Fsp3) is 0.188. The predicted octanol–water partition coefficient (Wildman–Crippen LogP) is 3.95. The summed E-state index contributed by atoms with van der Waals surface area (Å²) >= 11 is 6.92. The Kier molecular flexibility index (Phi) is 5.52. The van der Waals surface area contributed by atoms with Gasteiger partial charge in [-0.2, -0.15) is 0 Å². The molecule has 120 valence electrons. The Hall–Kier alpha value is -2.18. The maximum atomic E-state index is 12.3. The van der Waals surface area contributed by atoms with Crippen molar-refractivity contribution in [2.45, 2.75) is 13.8 Å². The highest BCUT2D eigenvalue weighted by Gasteiger charge is 2.24. The lowest BCUT2D eigenvalue weighted by Gasteiger charge is -2.08. The third kappa shape index (κ3) is 3.78. The summed E-state index contributed by atoms with van der Waals surface area (Å²) in [7, 11) is 0. The van der Waals surface area contributed by atoms with Crippen LogP contribution in [0.4, 0.5) is 5.69 Å². The first-order valence-electron chi connectivity index (χ1n) is 6.80. The number of carbonyl (C=O) groups is 3. The number of hydrogen-bond acceptors (Lipinski definition) is 5. The SMILES string of the molecule is CCOC(=O)c1c(C)sc(C=O)c1NC(=O)c1ccc(Cl)cc1. The molecule has 0 atom stereocenters. The highest BCUT2D eigenvalue weighted by molar-refractivity contribution is 7.14. The van der Waals surface area contributed by atoms with E-state index in [1.54, 1.807) is 38.1 Å². The van der Waals surface area contributed by atoms with Crippen molar-refractivity contribution >= 4 is 46.8 Å². The number of halogens is 1. The molecule has 0 aliphatic rings. The van der Waals surface area contributed by atoms with E-state index in [9.17, 15) is 14.4 Å². The summed E-state index contributed by atoms with van der Waals surface area (Å²) in [5.74, 6) is -1.01. The largest absolute Gasteiger partial charge is 0.462 e. The second-order valence-electron chi connectivity index (χ2n) is 4.57. The Balaban J connectivity index is 2.37. The fourth-order valence-corrected chi connectivity index (χ4v) is 3.06. The molecule has 0 spiro atoms. The average molecular weight is 352 g/mol. The predicted molar refractivity (Wildman–Crippen MR) is 89.8 cm³/mol. The van der Waals surface area contributed by atoms with Crippen molar-refractivity contribution < 1.29 is 19.1 Å². The number of carbonyl (C=O) groups excluding carboxylic acids is 3. The molecule has 0 fully saturated rings. The zero-order valence-corrected chi connectivity index (χ0v) is 14.1. The molecule has 0 aliphatic heterocycles. The van der Waals surface area contributed by atoms with Gasteiger partial charge in [0.15, 0.2) is 6.29 Å². The molecule has 0 saturated heterocycles. The van der Waals surface area contributed by atoms with Gasteiger partial charge in [0, 0.05) is 15.5 Å². The molecular formula is C16H14ClNO4S. The van der Waals surface area contributed by atoms with Crippen molar-refractivity contribution in [2.24, 2.45) is 0 Å². The Morgan fingerprint density at radius 2 is 1.96 bits per heavy atom. The molecule has 2 rings (SSSR count). The maximum absolute atomic E-state index is 12.3. The number of nitrogens with one attached hydrogen (secondary N) is 1. The van der Waals surface area contributed by atoms with Crippen LogP contribution in [0.15, 0.2) is 24.3 Å². The molecule has 23 heavy (non-hydrogen) atoms. The molecule has 0 radical (unpaired) electrons. The minimum Gasteiger partial charge on any atom is -0.462 e. The Labute approximate surface area is 142 Å².